The molecule has 2 aromatic rings. The van der Waals surface area contributed by atoms with Crippen LogP contribution in [0.25, 0.3) is 0 Å². The first-order chi connectivity index (χ1) is 9.99. The van der Waals surface area contributed by atoms with Crippen LogP contribution in [0.15, 0.2) is 48.5 Å². The third kappa shape index (κ3) is 4.03. The SMILES string of the molecule is CC(N)C(c1ccccc1F)N(C)Cc1cccc(Cl)c1. The summed E-state index contributed by atoms with van der Waals surface area (Å²) in [4.78, 5) is 2.05. The van der Waals surface area contributed by atoms with Crippen molar-refractivity contribution in [3.8, 4) is 0 Å². The molecule has 21 heavy (non-hydrogen) atoms. The van der Waals surface area contributed by atoms with E-state index in [0.717, 1.165) is 5.56 Å². The molecular weight excluding hydrogens is 287 g/mol. The third-order valence-electron chi connectivity index (χ3n) is 3.52. The van der Waals surface area contributed by atoms with Crippen molar-refractivity contribution < 1.29 is 4.39 Å². The van der Waals surface area contributed by atoms with Crippen molar-refractivity contribution in [1.29, 1.82) is 0 Å². The number of nitrogens with zero attached hydrogens (tertiary/aromatic N) is 1. The molecule has 0 aromatic heterocycles. The number of hydrogen-bond donors (Lipinski definition) is 1. The van der Waals surface area contributed by atoms with Crippen molar-refractivity contribution in [3.05, 3.63) is 70.5 Å². The number of rotatable bonds is 5. The molecule has 0 heterocycles. The van der Waals surface area contributed by atoms with Crippen LogP contribution in [0.4, 0.5) is 4.39 Å². The van der Waals surface area contributed by atoms with Crippen molar-refractivity contribution in [2.75, 3.05) is 7.05 Å². The second-order valence-electron chi connectivity index (χ2n) is 5.37. The Morgan fingerprint density at radius 2 is 1.90 bits per heavy atom. The van der Waals surface area contributed by atoms with E-state index in [1.165, 1.54) is 6.07 Å². The Morgan fingerprint density at radius 3 is 2.52 bits per heavy atom. The molecule has 2 unspecified atom stereocenters. The van der Waals surface area contributed by atoms with Crippen LogP contribution in [0.2, 0.25) is 5.02 Å². The van der Waals surface area contributed by atoms with Crippen LogP contribution in [0, 0.1) is 5.82 Å². The van der Waals surface area contributed by atoms with E-state index in [9.17, 15) is 4.39 Å². The van der Waals surface area contributed by atoms with E-state index in [-0.39, 0.29) is 17.9 Å². The van der Waals surface area contributed by atoms with Crippen LogP contribution >= 0.6 is 11.6 Å². The molecule has 0 fully saturated rings. The number of benzene rings is 2. The van der Waals surface area contributed by atoms with Crippen molar-refractivity contribution >= 4 is 11.6 Å². The molecule has 2 nitrogen and oxygen atoms in total. The van der Waals surface area contributed by atoms with Gasteiger partial charge in [0.05, 0.1) is 6.04 Å². The van der Waals surface area contributed by atoms with Gasteiger partial charge < -0.3 is 5.73 Å². The molecule has 0 radical (unpaired) electrons. The number of hydrogen-bond acceptors (Lipinski definition) is 2. The summed E-state index contributed by atoms with van der Waals surface area (Å²) in [6.07, 6.45) is 0. The molecule has 2 atom stereocenters. The van der Waals surface area contributed by atoms with Crippen LogP contribution in [-0.4, -0.2) is 18.0 Å². The maximum atomic E-state index is 14.1. The average Bonchev–Trinajstić information content (AvgIpc) is 2.41. The Labute approximate surface area is 130 Å². The summed E-state index contributed by atoms with van der Waals surface area (Å²) in [6.45, 7) is 2.55. The highest BCUT2D eigenvalue weighted by Crippen LogP contribution is 2.26. The molecular formula is C17H20ClFN2. The third-order valence-corrected chi connectivity index (χ3v) is 3.75. The molecule has 0 saturated carbocycles. The van der Waals surface area contributed by atoms with Crippen molar-refractivity contribution in [2.24, 2.45) is 5.73 Å². The molecule has 112 valence electrons. The highest BCUT2D eigenvalue weighted by Gasteiger charge is 2.23. The van der Waals surface area contributed by atoms with Gasteiger partial charge in [0.2, 0.25) is 0 Å². The van der Waals surface area contributed by atoms with E-state index in [1.807, 2.05) is 44.3 Å². The van der Waals surface area contributed by atoms with Crippen LogP contribution in [0.5, 0.6) is 0 Å². The highest BCUT2D eigenvalue weighted by atomic mass is 35.5. The van der Waals surface area contributed by atoms with E-state index in [1.54, 1.807) is 12.1 Å². The Balaban J connectivity index is 2.24. The van der Waals surface area contributed by atoms with Gasteiger partial charge >= 0.3 is 0 Å². The van der Waals surface area contributed by atoms with Gasteiger partial charge in [0, 0.05) is 23.2 Å². The molecule has 0 aliphatic rings. The van der Waals surface area contributed by atoms with Crippen molar-refractivity contribution in [1.82, 2.24) is 4.90 Å². The minimum absolute atomic E-state index is 0.189. The Kier molecular flexibility index (Phi) is 5.34. The quantitative estimate of drug-likeness (QED) is 0.904. The zero-order valence-corrected chi connectivity index (χ0v) is 13.0. The smallest absolute Gasteiger partial charge is 0.128 e. The predicted octanol–water partition coefficient (Wildman–Crippen LogP) is 4.00. The monoisotopic (exact) mass is 306 g/mol. The molecule has 0 saturated heterocycles. The highest BCUT2D eigenvalue weighted by molar-refractivity contribution is 6.30. The normalized spacial score (nSPS) is 14.2. The van der Waals surface area contributed by atoms with Gasteiger partial charge in [-0.05, 0) is 37.7 Å². The van der Waals surface area contributed by atoms with Crippen LogP contribution in [-0.2, 0) is 6.54 Å². The topological polar surface area (TPSA) is 29.3 Å². The summed E-state index contributed by atoms with van der Waals surface area (Å²) in [5, 5.41) is 0.698. The van der Waals surface area contributed by atoms with Crippen molar-refractivity contribution in [2.45, 2.75) is 25.6 Å². The van der Waals surface area contributed by atoms with Crippen LogP contribution in [0.3, 0.4) is 0 Å². The van der Waals surface area contributed by atoms with Crippen LogP contribution in [0.1, 0.15) is 24.1 Å². The van der Waals surface area contributed by atoms with Crippen molar-refractivity contribution in [3.63, 3.8) is 0 Å². The molecule has 2 N–H and O–H groups in total. The van der Waals surface area contributed by atoms with Gasteiger partial charge in [0.15, 0.2) is 0 Å². The number of likely N-dealkylation sites (N-methyl/N-ethyl adjacent to an activating group) is 1. The lowest BCUT2D eigenvalue weighted by Crippen LogP contribution is -2.37. The summed E-state index contributed by atoms with van der Waals surface area (Å²) in [7, 11) is 1.95. The molecule has 0 amide bonds. The van der Waals surface area contributed by atoms with Gasteiger partial charge in [-0.1, -0.05) is 41.9 Å². The maximum absolute atomic E-state index is 14.1. The summed E-state index contributed by atoms with van der Waals surface area (Å²) in [5.41, 5.74) is 7.79. The lowest BCUT2D eigenvalue weighted by Gasteiger charge is -2.31. The van der Waals surface area contributed by atoms with Gasteiger partial charge in [-0.25, -0.2) is 4.39 Å². The Hall–Kier alpha value is -1.42. The second-order valence-corrected chi connectivity index (χ2v) is 5.81. The predicted molar refractivity (Wildman–Crippen MR) is 85.7 cm³/mol. The lowest BCUT2D eigenvalue weighted by atomic mass is 9.98. The zero-order chi connectivity index (χ0) is 15.4. The first-order valence-corrected chi connectivity index (χ1v) is 7.31. The Bertz CT molecular complexity index is 601. The van der Waals surface area contributed by atoms with Gasteiger partial charge in [-0.2, -0.15) is 0 Å². The summed E-state index contributed by atoms with van der Waals surface area (Å²) in [5.74, 6) is -0.224. The summed E-state index contributed by atoms with van der Waals surface area (Å²) < 4.78 is 14.1. The van der Waals surface area contributed by atoms with Crippen LogP contribution < -0.4 is 5.73 Å². The fraction of sp³-hybridized carbons (Fsp3) is 0.294. The minimum atomic E-state index is -0.224. The summed E-state index contributed by atoms with van der Waals surface area (Å²) >= 11 is 6.01. The van der Waals surface area contributed by atoms with Gasteiger partial charge in [-0.3, -0.25) is 4.90 Å². The van der Waals surface area contributed by atoms with Gasteiger partial charge in [0.25, 0.3) is 0 Å². The second kappa shape index (κ2) is 7.03. The van der Waals surface area contributed by atoms with Gasteiger partial charge in [-0.15, -0.1) is 0 Å². The average molecular weight is 307 g/mol. The number of nitrogens with two attached hydrogens (primary N) is 1. The number of halogens is 2. The first-order valence-electron chi connectivity index (χ1n) is 6.93. The molecule has 4 heteroatoms. The minimum Gasteiger partial charge on any atom is -0.326 e. The molecule has 2 rings (SSSR count). The molecule has 0 bridgehead atoms. The summed E-state index contributed by atoms with van der Waals surface area (Å²) in [6, 6.07) is 14.1. The largest absolute Gasteiger partial charge is 0.326 e. The van der Waals surface area contributed by atoms with Gasteiger partial charge in [0.1, 0.15) is 5.82 Å². The van der Waals surface area contributed by atoms with E-state index in [2.05, 4.69) is 4.90 Å². The zero-order valence-electron chi connectivity index (χ0n) is 12.3. The van der Waals surface area contributed by atoms with E-state index >= 15 is 0 Å². The fourth-order valence-electron chi connectivity index (χ4n) is 2.66. The van der Waals surface area contributed by atoms with E-state index < -0.39 is 0 Å². The Morgan fingerprint density at radius 1 is 1.19 bits per heavy atom. The molecule has 0 spiro atoms. The van der Waals surface area contributed by atoms with E-state index in [4.69, 9.17) is 17.3 Å². The first kappa shape index (κ1) is 16.0. The fourth-order valence-corrected chi connectivity index (χ4v) is 2.87. The standard InChI is InChI=1S/C17H20ClFN2/c1-12(20)17(15-8-3-4-9-16(15)19)21(2)11-13-6-5-7-14(18)10-13/h3-10,12,17H,11,20H2,1-2H3. The van der Waals surface area contributed by atoms with E-state index in [0.29, 0.717) is 17.1 Å². The lowest BCUT2D eigenvalue weighted by molar-refractivity contribution is 0.206. The maximum Gasteiger partial charge on any atom is 0.128 e. The molecule has 0 aliphatic carbocycles. The molecule has 2 aromatic carbocycles. The molecule has 0 aliphatic heterocycles.